The Balaban J connectivity index is 1.56. The van der Waals surface area contributed by atoms with Gasteiger partial charge in [-0.05, 0) is 49.4 Å². The van der Waals surface area contributed by atoms with E-state index in [4.69, 9.17) is 42.1 Å². The molecular weight excluding hydrogens is 455 g/mol. The first-order valence-corrected chi connectivity index (χ1v) is 10.5. The van der Waals surface area contributed by atoms with Crippen LogP contribution in [0.1, 0.15) is 17.3 Å². The maximum absolute atomic E-state index is 12.5. The first-order valence-electron chi connectivity index (χ1n) is 9.71. The van der Waals surface area contributed by atoms with Gasteiger partial charge >= 0.3 is 11.9 Å². The number of rotatable bonds is 9. The number of esters is 2. The molecule has 8 heteroatoms. The van der Waals surface area contributed by atoms with Gasteiger partial charge in [0, 0.05) is 5.02 Å². The molecule has 166 valence electrons. The highest BCUT2D eigenvalue weighted by Gasteiger charge is 2.22. The van der Waals surface area contributed by atoms with Crippen LogP contribution in [0.15, 0.2) is 72.8 Å². The zero-order valence-electron chi connectivity index (χ0n) is 17.1. The number of halogens is 2. The molecule has 0 amide bonds. The summed E-state index contributed by atoms with van der Waals surface area (Å²) in [6.07, 6.45) is -0.989. The summed E-state index contributed by atoms with van der Waals surface area (Å²) in [5, 5.41) is 0.707. The van der Waals surface area contributed by atoms with Crippen molar-refractivity contribution in [1.82, 2.24) is 0 Å². The minimum atomic E-state index is -0.989. The third kappa shape index (κ3) is 6.64. The van der Waals surface area contributed by atoms with Crippen LogP contribution in [-0.2, 0) is 9.53 Å². The van der Waals surface area contributed by atoms with Crippen LogP contribution in [0.3, 0.4) is 0 Å². The van der Waals surface area contributed by atoms with Gasteiger partial charge in [0.15, 0.2) is 6.10 Å². The van der Waals surface area contributed by atoms with Gasteiger partial charge in [0.05, 0.1) is 5.02 Å². The molecular formula is C24H20Cl2O6. The Morgan fingerprint density at radius 3 is 2.34 bits per heavy atom. The molecule has 3 aromatic carbocycles. The van der Waals surface area contributed by atoms with E-state index < -0.39 is 18.0 Å². The zero-order valence-corrected chi connectivity index (χ0v) is 18.6. The highest BCUT2D eigenvalue weighted by Crippen LogP contribution is 2.28. The summed E-state index contributed by atoms with van der Waals surface area (Å²) in [5.74, 6) is -0.327. The van der Waals surface area contributed by atoms with Gasteiger partial charge in [-0.2, -0.15) is 0 Å². The Morgan fingerprint density at radius 1 is 0.875 bits per heavy atom. The summed E-state index contributed by atoms with van der Waals surface area (Å²) in [7, 11) is 0. The second-order valence-electron chi connectivity index (χ2n) is 6.55. The van der Waals surface area contributed by atoms with Crippen molar-refractivity contribution in [1.29, 1.82) is 0 Å². The van der Waals surface area contributed by atoms with E-state index in [1.807, 2.05) is 18.2 Å². The molecule has 0 bridgehead atoms. The average Bonchev–Trinajstić information content (AvgIpc) is 2.79. The van der Waals surface area contributed by atoms with Gasteiger partial charge in [-0.25, -0.2) is 9.59 Å². The molecule has 32 heavy (non-hydrogen) atoms. The Bertz CT molecular complexity index is 1070. The second-order valence-corrected chi connectivity index (χ2v) is 7.39. The van der Waals surface area contributed by atoms with Gasteiger partial charge in [-0.3, -0.25) is 0 Å². The topological polar surface area (TPSA) is 71.1 Å². The standard InChI is InChI=1S/C24H20Cl2O6/c1-16(31-22-12-11-17(25)15-20(22)26)23(27)32-21-10-6-5-9-19(21)24(28)30-14-13-29-18-7-3-2-4-8-18/h2-12,15-16H,13-14H2,1H3. The fraction of sp³-hybridized carbons (Fsp3) is 0.167. The SMILES string of the molecule is CC(Oc1ccc(Cl)cc1Cl)C(=O)Oc1ccccc1C(=O)OCCOc1ccccc1. The normalized spacial score (nSPS) is 11.3. The molecule has 0 aliphatic heterocycles. The maximum atomic E-state index is 12.5. The summed E-state index contributed by atoms with van der Waals surface area (Å²) in [6.45, 7) is 1.73. The van der Waals surface area contributed by atoms with Gasteiger partial charge in [0.2, 0.25) is 0 Å². The predicted molar refractivity (Wildman–Crippen MR) is 121 cm³/mol. The number of para-hydroxylation sites is 2. The number of carbonyl (C=O) groups excluding carboxylic acids is 2. The van der Waals surface area contributed by atoms with E-state index in [9.17, 15) is 9.59 Å². The van der Waals surface area contributed by atoms with Crippen molar-refractivity contribution >= 4 is 35.1 Å². The molecule has 1 atom stereocenters. The average molecular weight is 475 g/mol. The highest BCUT2D eigenvalue weighted by atomic mass is 35.5. The lowest BCUT2D eigenvalue weighted by atomic mass is 10.2. The Labute approximate surface area is 195 Å². The Morgan fingerprint density at radius 2 is 1.59 bits per heavy atom. The first kappa shape index (κ1) is 23.4. The smallest absolute Gasteiger partial charge is 0.352 e. The fourth-order valence-electron chi connectivity index (χ4n) is 2.61. The van der Waals surface area contributed by atoms with Gasteiger partial charge in [0.25, 0.3) is 0 Å². The molecule has 0 saturated carbocycles. The van der Waals surface area contributed by atoms with Crippen molar-refractivity contribution in [2.24, 2.45) is 0 Å². The number of ether oxygens (including phenoxy) is 4. The zero-order chi connectivity index (χ0) is 22.9. The molecule has 3 aromatic rings. The molecule has 0 N–H and O–H groups in total. The van der Waals surface area contributed by atoms with Crippen LogP contribution in [0.25, 0.3) is 0 Å². The number of benzene rings is 3. The van der Waals surface area contributed by atoms with E-state index in [-0.39, 0.29) is 35.3 Å². The summed E-state index contributed by atoms with van der Waals surface area (Å²) in [4.78, 5) is 25.0. The van der Waals surface area contributed by atoms with E-state index in [0.717, 1.165) is 0 Å². The minimum Gasteiger partial charge on any atom is -0.490 e. The van der Waals surface area contributed by atoms with Crippen molar-refractivity contribution in [3.05, 3.63) is 88.4 Å². The Hall–Kier alpha value is -3.22. The molecule has 0 aromatic heterocycles. The fourth-order valence-corrected chi connectivity index (χ4v) is 3.07. The van der Waals surface area contributed by atoms with Crippen LogP contribution in [0.2, 0.25) is 10.0 Å². The van der Waals surface area contributed by atoms with Crippen LogP contribution < -0.4 is 14.2 Å². The first-order chi connectivity index (χ1) is 15.4. The number of hydrogen-bond acceptors (Lipinski definition) is 6. The van der Waals surface area contributed by atoms with Crippen molar-refractivity contribution in [3.8, 4) is 17.2 Å². The summed E-state index contributed by atoms with van der Waals surface area (Å²) in [6, 6.07) is 20.1. The maximum Gasteiger partial charge on any atom is 0.352 e. The molecule has 0 fully saturated rings. The van der Waals surface area contributed by atoms with Crippen molar-refractivity contribution in [3.63, 3.8) is 0 Å². The lowest BCUT2D eigenvalue weighted by Gasteiger charge is -2.16. The number of carbonyl (C=O) groups is 2. The minimum absolute atomic E-state index is 0.0323. The monoisotopic (exact) mass is 474 g/mol. The molecule has 1 unspecified atom stereocenters. The van der Waals surface area contributed by atoms with Crippen molar-refractivity contribution < 1.29 is 28.5 Å². The molecule has 0 radical (unpaired) electrons. The van der Waals surface area contributed by atoms with Gasteiger partial charge < -0.3 is 18.9 Å². The Kier molecular flexibility index (Phi) is 8.36. The van der Waals surface area contributed by atoms with E-state index in [1.165, 1.54) is 25.1 Å². The van der Waals surface area contributed by atoms with Crippen molar-refractivity contribution in [2.45, 2.75) is 13.0 Å². The molecule has 0 aliphatic rings. The van der Waals surface area contributed by atoms with Crippen molar-refractivity contribution in [2.75, 3.05) is 13.2 Å². The summed E-state index contributed by atoms with van der Waals surface area (Å²) < 4.78 is 21.7. The third-order valence-corrected chi connectivity index (χ3v) is 4.71. The van der Waals surface area contributed by atoms with E-state index >= 15 is 0 Å². The molecule has 3 rings (SSSR count). The lowest BCUT2D eigenvalue weighted by molar-refractivity contribution is -0.141. The van der Waals surface area contributed by atoms with Crippen LogP contribution in [-0.4, -0.2) is 31.3 Å². The van der Waals surface area contributed by atoms with Crippen LogP contribution in [0.4, 0.5) is 0 Å². The van der Waals surface area contributed by atoms with E-state index in [0.29, 0.717) is 10.8 Å². The molecule has 0 saturated heterocycles. The van der Waals surface area contributed by atoms with Crippen LogP contribution >= 0.6 is 23.2 Å². The van der Waals surface area contributed by atoms with E-state index in [2.05, 4.69) is 0 Å². The van der Waals surface area contributed by atoms with Gasteiger partial charge in [-0.1, -0.05) is 53.5 Å². The summed E-state index contributed by atoms with van der Waals surface area (Å²) >= 11 is 11.9. The quantitative estimate of drug-likeness (QED) is 0.228. The molecule has 0 heterocycles. The molecule has 0 spiro atoms. The van der Waals surface area contributed by atoms with Crippen LogP contribution in [0.5, 0.6) is 17.2 Å². The van der Waals surface area contributed by atoms with Gasteiger partial charge in [-0.15, -0.1) is 0 Å². The van der Waals surface area contributed by atoms with Gasteiger partial charge in [0.1, 0.15) is 36.0 Å². The third-order valence-electron chi connectivity index (χ3n) is 4.18. The molecule has 6 nitrogen and oxygen atoms in total. The molecule has 0 aliphatic carbocycles. The number of hydrogen-bond donors (Lipinski definition) is 0. The lowest BCUT2D eigenvalue weighted by Crippen LogP contribution is -2.29. The van der Waals surface area contributed by atoms with E-state index in [1.54, 1.807) is 36.4 Å². The van der Waals surface area contributed by atoms with Crippen LogP contribution in [0, 0.1) is 0 Å². The largest absolute Gasteiger partial charge is 0.490 e. The second kappa shape index (κ2) is 11.4. The summed E-state index contributed by atoms with van der Waals surface area (Å²) in [5.41, 5.74) is 0.109. The predicted octanol–water partition coefficient (Wildman–Crippen LogP) is 5.60. The highest BCUT2D eigenvalue weighted by molar-refractivity contribution is 6.35.